The van der Waals surface area contributed by atoms with Gasteiger partial charge in [0.15, 0.2) is 0 Å². The first-order valence-electron chi connectivity index (χ1n) is 13.3. The average molecular weight is 568 g/mol. The van der Waals surface area contributed by atoms with Gasteiger partial charge in [0, 0.05) is 13.1 Å². The number of nitrogens with zero attached hydrogens (tertiary/aromatic N) is 2. The van der Waals surface area contributed by atoms with Crippen LogP contribution in [0.25, 0.3) is 0 Å². The molecule has 0 heterocycles. The van der Waals surface area contributed by atoms with E-state index in [-0.39, 0.29) is 23.0 Å². The Bertz CT molecular complexity index is 1360. The van der Waals surface area contributed by atoms with Gasteiger partial charge < -0.3 is 19.7 Å². The van der Waals surface area contributed by atoms with Gasteiger partial charge in [-0.25, -0.2) is 8.42 Å². The molecule has 214 valence electrons. The summed E-state index contributed by atoms with van der Waals surface area (Å²) in [6.07, 6.45) is 0.342. The fraction of sp³-hybridized carbons (Fsp3) is 0.333. The lowest BCUT2D eigenvalue weighted by molar-refractivity contribution is -0.140. The molecular formula is C30H37N3O6S. The van der Waals surface area contributed by atoms with Crippen LogP contribution in [0.2, 0.25) is 0 Å². The first-order valence-corrected chi connectivity index (χ1v) is 14.7. The minimum absolute atomic E-state index is 0.0339. The van der Waals surface area contributed by atoms with Crippen molar-refractivity contribution in [3.8, 4) is 11.5 Å². The summed E-state index contributed by atoms with van der Waals surface area (Å²) in [5, 5.41) is 2.80. The maximum Gasteiger partial charge on any atom is 0.264 e. The predicted molar refractivity (Wildman–Crippen MR) is 155 cm³/mol. The van der Waals surface area contributed by atoms with Crippen LogP contribution in [0, 0.1) is 0 Å². The van der Waals surface area contributed by atoms with Crippen LogP contribution in [0.5, 0.6) is 11.5 Å². The second-order valence-corrected chi connectivity index (χ2v) is 10.8. The highest BCUT2D eigenvalue weighted by molar-refractivity contribution is 7.92. The van der Waals surface area contributed by atoms with E-state index in [0.29, 0.717) is 31.1 Å². The first-order chi connectivity index (χ1) is 19.3. The summed E-state index contributed by atoms with van der Waals surface area (Å²) in [5.74, 6) is 0.151. The van der Waals surface area contributed by atoms with Crippen molar-refractivity contribution in [2.24, 2.45) is 0 Å². The van der Waals surface area contributed by atoms with Crippen molar-refractivity contribution in [3.63, 3.8) is 0 Å². The normalized spacial score (nSPS) is 11.8. The molecule has 0 aliphatic rings. The topological polar surface area (TPSA) is 105 Å². The summed E-state index contributed by atoms with van der Waals surface area (Å²) in [5.41, 5.74) is 1.00. The second kappa shape index (κ2) is 14.4. The van der Waals surface area contributed by atoms with Crippen molar-refractivity contribution in [2.45, 2.75) is 44.7 Å². The molecule has 0 saturated heterocycles. The molecule has 3 aromatic rings. The van der Waals surface area contributed by atoms with Crippen molar-refractivity contribution in [1.29, 1.82) is 0 Å². The number of benzene rings is 3. The van der Waals surface area contributed by atoms with Crippen molar-refractivity contribution in [3.05, 3.63) is 84.4 Å². The van der Waals surface area contributed by atoms with Gasteiger partial charge in [0.05, 0.1) is 24.3 Å². The number of sulfonamides is 1. The van der Waals surface area contributed by atoms with E-state index in [1.54, 1.807) is 75.6 Å². The largest absolute Gasteiger partial charge is 0.497 e. The Balaban J connectivity index is 2.08. The summed E-state index contributed by atoms with van der Waals surface area (Å²) in [6, 6.07) is 21.0. The van der Waals surface area contributed by atoms with E-state index in [1.807, 2.05) is 19.1 Å². The molecule has 3 rings (SSSR count). The molecule has 0 aliphatic carbocycles. The number of anilines is 1. The van der Waals surface area contributed by atoms with Gasteiger partial charge in [0.1, 0.15) is 24.1 Å². The van der Waals surface area contributed by atoms with E-state index in [9.17, 15) is 18.0 Å². The maximum absolute atomic E-state index is 14.1. The molecule has 9 nitrogen and oxygen atoms in total. The molecule has 2 amide bonds. The van der Waals surface area contributed by atoms with Crippen LogP contribution >= 0.6 is 0 Å². The molecule has 0 unspecified atom stereocenters. The van der Waals surface area contributed by atoms with Gasteiger partial charge in [-0.2, -0.15) is 0 Å². The van der Waals surface area contributed by atoms with Crippen LogP contribution in [0.1, 0.15) is 32.8 Å². The number of nitrogens with one attached hydrogen (secondary N) is 1. The molecule has 0 bridgehead atoms. The van der Waals surface area contributed by atoms with E-state index in [4.69, 9.17) is 9.47 Å². The molecule has 1 N–H and O–H groups in total. The summed E-state index contributed by atoms with van der Waals surface area (Å²) in [4.78, 5) is 28.6. The quantitative estimate of drug-likeness (QED) is 0.313. The lowest BCUT2D eigenvalue weighted by Gasteiger charge is -2.33. The fourth-order valence-corrected chi connectivity index (χ4v) is 5.76. The number of hydrogen-bond acceptors (Lipinski definition) is 6. The van der Waals surface area contributed by atoms with Crippen molar-refractivity contribution in [1.82, 2.24) is 10.2 Å². The number of methoxy groups -OCH3 is 1. The van der Waals surface area contributed by atoms with Crippen molar-refractivity contribution >= 4 is 27.5 Å². The Morgan fingerprint density at radius 1 is 0.900 bits per heavy atom. The van der Waals surface area contributed by atoms with Crippen LogP contribution < -0.4 is 19.1 Å². The van der Waals surface area contributed by atoms with Crippen molar-refractivity contribution < 1.29 is 27.5 Å². The number of ether oxygens (including phenoxy) is 2. The lowest BCUT2D eigenvalue weighted by atomic mass is 10.1. The molecule has 10 heteroatoms. The molecule has 0 fully saturated rings. The number of carbonyl (C=O) groups excluding carboxylic acids is 2. The Labute approximate surface area is 236 Å². The monoisotopic (exact) mass is 567 g/mol. The Kier molecular flexibility index (Phi) is 11.0. The third-order valence-corrected chi connectivity index (χ3v) is 8.07. The maximum atomic E-state index is 14.1. The van der Waals surface area contributed by atoms with Gasteiger partial charge in [0.2, 0.25) is 11.8 Å². The second-order valence-electron chi connectivity index (χ2n) is 8.91. The third kappa shape index (κ3) is 7.32. The van der Waals surface area contributed by atoms with E-state index >= 15 is 0 Å². The van der Waals surface area contributed by atoms with Crippen LogP contribution in [-0.2, 0) is 26.2 Å². The summed E-state index contributed by atoms with van der Waals surface area (Å²) >= 11 is 0. The van der Waals surface area contributed by atoms with Gasteiger partial charge in [-0.3, -0.25) is 13.9 Å². The zero-order chi connectivity index (χ0) is 29.1. The van der Waals surface area contributed by atoms with Gasteiger partial charge in [-0.15, -0.1) is 0 Å². The minimum Gasteiger partial charge on any atom is -0.497 e. The number of rotatable bonds is 14. The molecule has 3 aromatic carbocycles. The van der Waals surface area contributed by atoms with Gasteiger partial charge in [-0.05, 0) is 62.2 Å². The predicted octanol–water partition coefficient (Wildman–Crippen LogP) is 4.23. The highest BCUT2D eigenvalue weighted by atomic mass is 32.2. The van der Waals surface area contributed by atoms with Gasteiger partial charge in [0.25, 0.3) is 10.0 Å². The highest BCUT2D eigenvalue weighted by Crippen LogP contribution is 2.33. The molecular weight excluding hydrogens is 530 g/mol. The number of para-hydroxylation sites is 2. The summed E-state index contributed by atoms with van der Waals surface area (Å²) in [6.45, 7) is 5.69. The van der Waals surface area contributed by atoms with E-state index < -0.39 is 28.5 Å². The number of hydrogen-bond donors (Lipinski definition) is 1. The standard InChI is InChI=1S/C30H37N3O6S/c1-5-26(30(35)31-6-2)32(21-23-17-19-24(38-4)20-18-23)29(34)22-33(27-15-11-12-16-28(27)39-7-3)40(36,37)25-13-9-8-10-14-25/h8-20,26H,5-7,21-22H2,1-4H3,(H,31,35)/t26-/m0/s1. The molecule has 0 saturated carbocycles. The summed E-state index contributed by atoms with van der Waals surface area (Å²) in [7, 11) is -2.62. The molecule has 1 atom stereocenters. The van der Waals surface area contributed by atoms with E-state index in [0.717, 1.165) is 9.87 Å². The van der Waals surface area contributed by atoms with Crippen LogP contribution in [-0.4, -0.2) is 58.0 Å². The van der Waals surface area contributed by atoms with Crippen LogP contribution in [0.15, 0.2) is 83.8 Å². The van der Waals surface area contributed by atoms with Crippen LogP contribution in [0.3, 0.4) is 0 Å². The van der Waals surface area contributed by atoms with Gasteiger partial charge >= 0.3 is 0 Å². The summed E-state index contributed by atoms with van der Waals surface area (Å²) < 4.78 is 40.0. The first kappa shape index (κ1) is 30.5. The fourth-order valence-electron chi connectivity index (χ4n) is 4.31. The number of likely N-dealkylation sites (N-methyl/N-ethyl adjacent to an activating group) is 1. The zero-order valence-corrected chi connectivity index (χ0v) is 24.2. The molecule has 0 spiro atoms. The zero-order valence-electron chi connectivity index (χ0n) is 23.4. The van der Waals surface area contributed by atoms with Crippen molar-refractivity contribution in [2.75, 3.05) is 31.1 Å². The number of carbonyl (C=O) groups is 2. The Morgan fingerprint density at radius 3 is 2.15 bits per heavy atom. The third-order valence-electron chi connectivity index (χ3n) is 6.29. The smallest absolute Gasteiger partial charge is 0.264 e. The highest BCUT2D eigenvalue weighted by Gasteiger charge is 2.34. The van der Waals surface area contributed by atoms with Crippen LogP contribution in [0.4, 0.5) is 5.69 Å². The lowest BCUT2D eigenvalue weighted by Crippen LogP contribution is -2.52. The Morgan fingerprint density at radius 2 is 1.55 bits per heavy atom. The van der Waals surface area contributed by atoms with Gasteiger partial charge in [-0.1, -0.05) is 49.4 Å². The molecule has 0 radical (unpaired) electrons. The molecule has 0 aromatic heterocycles. The van der Waals surface area contributed by atoms with E-state index in [2.05, 4.69) is 5.32 Å². The minimum atomic E-state index is -4.18. The molecule has 40 heavy (non-hydrogen) atoms. The van der Waals surface area contributed by atoms with E-state index in [1.165, 1.54) is 17.0 Å². The average Bonchev–Trinajstić information content (AvgIpc) is 2.97. The molecule has 0 aliphatic heterocycles. The Hall–Kier alpha value is -4.05. The number of amides is 2. The SMILES string of the molecule is CCNC(=O)[C@H](CC)N(Cc1ccc(OC)cc1)C(=O)CN(c1ccccc1OCC)S(=O)(=O)c1ccccc1.